The lowest BCUT2D eigenvalue weighted by Gasteiger charge is -2.31. The number of nitrogen functional groups attached to an aromatic ring is 1. The zero-order valence-corrected chi connectivity index (χ0v) is 11.2. The SMILES string of the molecule is CC1CC(C)CC(OCc2nnsc2NN)C1. The predicted molar refractivity (Wildman–Crippen MR) is 68.5 cm³/mol. The van der Waals surface area contributed by atoms with Crippen LogP contribution in [0.5, 0.6) is 0 Å². The Morgan fingerprint density at radius 2 is 2.06 bits per heavy atom. The van der Waals surface area contributed by atoms with Crippen LogP contribution in [0.25, 0.3) is 0 Å². The first-order chi connectivity index (χ1) is 8.19. The average Bonchev–Trinajstić information content (AvgIpc) is 2.72. The van der Waals surface area contributed by atoms with Crippen molar-refractivity contribution in [3.8, 4) is 0 Å². The number of hydrazine groups is 1. The quantitative estimate of drug-likeness (QED) is 0.638. The summed E-state index contributed by atoms with van der Waals surface area (Å²) in [6.45, 7) is 5.09. The van der Waals surface area contributed by atoms with Crippen molar-refractivity contribution >= 4 is 16.5 Å². The Labute approximate surface area is 106 Å². The lowest BCUT2D eigenvalue weighted by Crippen LogP contribution is -2.26. The largest absolute Gasteiger partial charge is 0.372 e. The van der Waals surface area contributed by atoms with Crippen LogP contribution in [0.4, 0.5) is 5.00 Å². The Morgan fingerprint density at radius 1 is 1.35 bits per heavy atom. The molecule has 2 atom stereocenters. The first-order valence-electron chi connectivity index (χ1n) is 6.08. The van der Waals surface area contributed by atoms with Crippen molar-refractivity contribution < 1.29 is 4.74 Å². The van der Waals surface area contributed by atoms with Crippen molar-refractivity contribution in [3.63, 3.8) is 0 Å². The minimum absolute atomic E-state index is 0.348. The molecule has 0 bridgehead atoms. The molecule has 0 aliphatic heterocycles. The van der Waals surface area contributed by atoms with Gasteiger partial charge in [0.25, 0.3) is 0 Å². The second-order valence-corrected chi connectivity index (χ2v) is 5.80. The number of nitrogens with zero attached hydrogens (tertiary/aromatic N) is 2. The topological polar surface area (TPSA) is 73.1 Å². The molecule has 6 heteroatoms. The lowest BCUT2D eigenvalue weighted by atomic mass is 9.82. The molecule has 3 N–H and O–H groups in total. The maximum atomic E-state index is 5.92. The highest BCUT2D eigenvalue weighted by atomic mass is 32.1. The molecule has 96 valence electrons. The van der Waals surface area contributed by atoms with Gasteiger partial charge in [0.15, 0.2) is 0 Å². The summed E-state index contributed by atoms with van der Waals surface area (Å²) in [4.78, 5) is 0. The fourth-order valence-electron chi connectivity index (χ4n) is 2.62. The Kier molecular flexibility index (Phi) is 4.31. The van der Waals surface area contributed by atoms with Crippen LogP contribution in [-0.2, 0) is 11.3 Å². The van der Waals surface area contributed by atoms with Crippen LogP contribution in [0.3, 0.4) is 0 Å². The van der Waals surface area contributed by atoms with Crippen LogP contribution >= 0.6 is 11.5 Å². The van der Waals surface area contributed by atoms with Crippen LogP contribution < -0.4 is 11.3 Å². The molecule has 5 nitrogen and oxygen atoms in total. The van der Waals surface area contributed by atoms with Crippen molar-refractivity contribution in [1.82, 2.24) is 9.59 Å². The van der Waals surface area contributed by atoms with Gasteiger partial charge in [-0.1, -0.05) is 18.3 Å². The summed E-state index contributed by atoms with van der Waals surface area (Å²) in [7, 11) is 0. The molecule has 1 heterocycles. The molecule has 1 saturated carbocycles. The minimum Gasteiger partial charge on any atom is -0.372 e. The second kappa shape index (κ2) is 5.75. The molecule has 17 heavy (non-hydrogen) atoms. The van der Waals surface area contributed by atoms with Crippen molar-refractivity contribution in [2.24, 2.45) is 17.7 Å². The molecule has 2 rings (SSSR count). The summed E-state index contributed by atoms with van der Waals surface area (Å²) in [6.07, 6.45) is 3.95. The first kappa shape index (κ1) is 12.7. The van der Waals surface area contributed by atoms with Gasteiger partial charge >= 0.3 is 0 Å². The van der Waals surface area contributed by atoms with Gasteiger partial charge in [-0.05, 0) is 31.1 Å². The summed E-state index contributed by atoms with van der Waals surface area (Å²) in [6, 6.07) is 0. The molecule has 1 aliphatic rings. The van der Waals surface area contributed by atoms with Crippen molar-refractivity contribution in [2.45, 2.75) is 45.8 Å². The van der Waals surface area contributed by atoms with Gasteiger partial charge in [0.1, 0.15) is 10.7 Å². The molecule has 0 amide bonds. The lowest BCUT2D eigenvalue weighted by molar-refractivity contribution is -0.0103. The number of anilines is 1. The second-order valence-electron chi connectivity index (χ2n) is 5.04. The van der Waals surface area contributed by atoms with Crippen molar-refractivity contribution in [1.29, 1.82) is 0 Å². The highest BCUT2D eigenvalue weighted by Crippen LogP contribution is 2.31. The number of ether oxygens (including phenoxy) is 1. The van der Waals surface area contributed by atoms with Crippen LogP contribution in [-0.4, -0.2) is 15.7 Å². The van der Waals surface area contributed by atoms with Crippen molar-refractivity contribution in [3.05, 3.63) is 5.69 Å². The third-order valence-corrected chi connectivity index (χ3v) is 3.98. The van der Waals surface area contributed by atoms with Gasteiger partial charge in [0.05, 0.1) is 12.7 Å². The first-order valence-corrected chi connectivity index (χ1v) is 6.85. The van der Waals surface area contributed by atoms with E-state index in [1.165, 1.54) is 18.0 Å². The zero-order valence-electron chi connectivity index (χ0n) is 10.3. The Morgan fingerprint density at radius 3 is 2.71 bits per heavy atom. The van der Waals surface area contributed by atoms with Gasteiger partial charge in [0.2, 0.25) is 0 Å². The monoisotopic (exact) mass is 256 g/mol. The summed E-state index contributed by atoms with van der Waals surface area (Å²) in [5.74, 6) is 6.88. The van der Waals surface area contributed by atoms with E-state index in [0.717, 1.165) is 35.4 Å². The van der Waals surface area contributed by atoms with Crippen molar-refractivity contribution in [2.75, 3.05) is 5.43 Å². The van der Waals surface area contributed by atoms with E-state index in [1.807, 2.05) is 0 Å². The number of rotatable bonds is 4. The van der Waals surface area contributed by atoms with E-state index in [9.17, 15) is 0 Å². The van der Waals surface area contributed by atoms with Crippen LogP contribution in [0, 0.1) is 11.8 Å². The fraction of sp³-hybridized carbons (Fsp3) is 0.818. The molecule has 1 aromatic heterocycles. The molecule has 1 fully saturated rings. The normalized spacial score (nSPS) is 29.2. The number of hydrogen-bond donors (Lipinski definition) is 2. The maximum Gasteiger partial charge on any atom is 0.149 e. The van der Waals surface area contributed by atoms with E-state index in [0.29, 0.717) is 12.7 Å². The van der Waals surface area contributed by atoms with Gasteiger partial charge in [0, 0.05) is 11.5 Å². The van der Waals surface area contributed by atoms with Gasteiger partial charge in [-0.3, -0.25) is 0 Å². The molecule has 0 radical (unpaired) electrons. The maximum absolute atomic E-state index is 5.92. The molecule has 0 aromatic carbocycles. The Hall–Kier alpha value is -0.720. The molecule has 2 unspecified atom stereocenters. The van der Waals surface area contributed by atoms with E-state index < -0.39 is 0 Å². The van der Waals surface area contributed by atoms with Crippen LogP contribution in [0.1, 0.15) is 38.8 Å². The summed E-state index contributed by atoms with van der Waals surface area (Å²) in [5, 5.41) is 4.80. The van der Waals surface area contributed by atoms with E-state index in [1.54, 1.807) is 0 Å². The third kappa shape index (κ3) is 3.37. The smallest absolute Gasteiger partial charge is 0.149 e. The molecular weight excluding hydrogens is 236 g/mol. The van der Waals surface area contributed by atoms with E-state index in [2.05, 4.69) is 28.9 Å². The standard InChI is InChI=1S/C11H20N4OS/c1-7-3-8(2)5-9(4-7)16-6-10-11(13-12)17-15-14-10/h7-9,13H,3-6,12H2,1-2H3. The highest BCUT2D eigenvalue weighted by molar-refractivity contribution is 7.10. The molecule has 0 saturated heterocycles. The minimum atomic E-state index is 0.348. The van der Waals surface area contributed by atoms with Gasteiger partial charge < -0.3 is 10.2 Å². The molecule has 1 aliphatic carbocycles. The fourth-order valence-corrected chi connectivity index (χ4v) is 3.10. The molecular formula is C11H20N4OS. The summed E-state index contributed by atoms with van der Waals surface area (Å²) < 4.78 is 9.78. The van der Waals surface area contributed by atoms with Gasteiger partial charge in [-0.2, -0.15) is 0 Å². The highest BCUT2D eigenvalue weighted by Gasteiger charge is 2.24. The Bertz CT molecular complexity index is 347. The summed E-state index contributed by atoms with van der Waals surface area (Å²) in [5.41, 5.74) is 3.40. The van der Waals surface area contributed by atoms with Gasteiger partial charge in [-0.15, -0.1) is 5.10 Å². The van der Waals surface area contributed by atoms with E-state index >= 15 is 0 Å². The number of aromatic nitrogens is 2. The molecule has 1 aromatic rings. The van der Waals surface area contributed by atoms with Crippen LogP contribution in [0.2, 0.25) is 0 Å². The summed E-state index contributed by atoms with van der Waals surface area (Å²) >= 11 is 1.26. The average molecular weight is 256 g/mol. The molecule has 0 spiro atoms. The zero-order chi connectivity index (χ0) is 12.3. The number of nitrogens with two attached hydrogens (primary N) is 1. The van der Waals surface area contributed by atoms with Crippen LogP contribution in [0.15, 0.2) is 0 Å². The number of hydrogen-bond acceptors (Lipinski definition) is 6. The Balaban J connectivity index is 1.85. The third-order valence-electron chi connectivity index (χ3n) is 3.28. The van der Waals surface area contributed by atoms with E-state index in [4.69, 9.17) is 10.6 Å². The number of nitrogens with one attached hydrogen (secondary N) is 1. The van der Waals surface area contributed by atoms with E-state index in [-0.39, 0.29) is 0 Å². The van der Waals surface area contributed by atoms with Gasteiger partial charge in [-0.25, -0.2) is 5.84 Å². The predicted octanol–water partition coefficient (Wildman–Crippen LogP) is 2.17.